The topological polar surface area (TPSA) is 48.3 Å². The second-order valence-corrected chi connectivity index (χ2v) is 7.74. The molecule has 0 radical (unpaired) electrons. The Balaban J connectivity index is 1.69. The Morgan fingerprint density at radius 2 is 1.50 bits per heavy atom. The molecule has 0 saturated carbocycles. The number of ether oxygens (including phenoxy) is 1. The summed E-state index contributed by atoms with van der Waals surface area (Å²) in [4.78, 5) is 0.258. The van der Waals surface area contributed by atoms with Crippen LogP contribution in [-0.2, 0) is 16.6 Å². The van der Waals surface area contributed by atoms with Gasteiger partial charge in [-0.3, -0.25) is 0 Å². The summed E-state index contributed by atoms with van der Waals surface area (Å²) in [5.41, 5.74) is 1.65. The Kier molecular flexibility index (Phi) is 4.22. The highest BCUT2D eigenvalue weighted by Crippen LogP contribution is 2.26. The Hall–Kier alpha value is -3.05. The number of hydrogen-bond acceptors (Lipinski definition) is 3. The number of benzene rings is 3. The van der Waals surface area contributed by atoms with Crippen LogP contribution in [0.4, 0.5) is 0 Å². The monoisotopic (exact) mass is 363 g/mol. The van der Waals surface area contributed by atoms with E-state index < -0.39 is 10.0 Å². The second-order valence-electron chi connectivity index (χ2n) is 5.92. The lowest BCUT2D eigenvalue weighted by atomic mass is 10.2. The van der Waals surface area contributed by atoms with Crippen LogP contribution in [0.3, 0.4) is 0 Å². The summed E-state index contributed by atoms with van der Waals surface area (Å²) in [5, 5.41) is 0.844. The lowest BCUT2D eigenvalue weighted by Crippen LogP contribution is -2.11. The molecule has 0 bridgehead atoms. The third-order valence-corrected chi connectivity index (χ3v) is 5.88. The standard InChI is InChI=1S/C21H17NO3S/c23-26(24,20-9-5-2-6-10-20)22-14-13-18-11-12-19(15-21(18)22)25-16-17-7-3-1-4-8-17/h1-15H,16H2. The molecule has 0 aliphatic carbocycles. The highest BCUT2D eigenvalue weighted by molar-refractivity contribution is 7.90. The van der Waals surface area contributed by atoms with Gasteiger partial charge in [-0.15, -0.1) is 0 Å². The molecular weight excluding hydrogens is 346 g/mol. The summed E-state index contributed by atoms with van der Waals surface area (Å²) in [5.74, 6) is 0.629. The van der Waals surface area contributed by atoms with Crippen molar-refractivity contribution in [2.75, 3.05) is 0 Å². The van der Waals surface area contributed by atoms with Crippen molar-refractivity contribution in [1.29, 1.82) is 0 Å². The van der Waals surface area contributed by atoms with E-state index in [1.807, 2.05) is 42.5 Å². The molecule has 0 atom stereocenters. The lowest BCUT2D eigenvalue weighted by molar-refractivity contribution is 0.306. The number of rotatable bonds is 5. The SMILES string of the molecule is O=S(=O)(c1ccccc1)n1ccc2ccc(OCc3ccccc3)cc21. The predicted molar refractivity (Wildman–Crippen MR) is 102 cm³/mol. The largest absolute Gasteiger partial charge is 0.489 e. The summed E-state index contributed by atoms with van der Waals surface area (Å²) >= 11 is 0. The van der Waals surface area contributed by atoms with E-state index in [1.165, 1.54) is 3.97 Å². The molecule has 0 amide bonds. The zero-order valence-electron chi connectivity index (χ0n) is 13.9. The van der Waals surface area contributed by atoms with E-state index in [0.717, 1.165) is 10.9 Å². The summed E-state index contributed by atoms with van der Waals surface area (Å²) in [7, 11) is -3.64. The molecule has 0 saturated heterocycles. The van der Waals surface area contributed by atoms with E-state index in [2.05, 4.69) is 0 Å². The van der Waals surface area contributed by atoms with E-state index in [1.54, 1.807) is 48.7 Å². The minimum atomic E-state index is -3.64. The fourth-order valence-corrected chi connectivity index (χ4v) is 4.20. The fourth-order valence-electron chi connectivity index (χ4n) is 2.83. The first-order valence-corrected chi connectivity index (χ1v) is 9.67. The average molecular weight is 363 g/mol. The molecule has 1 aromatic heterocycles. The van der Waals surface area contributed by atoms with Crippen LogP contribution in [0.15, 0.2) is 96.0 Å². The molecule has 3 aromatic carbocycles. The highest BCUT2D eigenvalue weighted by atomic mass is 32.2. The van der Waals surface area contributed by atoms with Gasteiger partial charge in [0.1, 0.15) is 12.4 Å². The van der Waals surface area contributed by atoms with Crippen molar-refractivity contribution in [3.05, 3.63) is 96.7 Å². The molecule has 0 aliphatic rings. The first-order valence-electron chi connectivity index (χ1n) is 8.23. The molecule has 0 spiro atoms. The van der Waals surface area contributed by atoms with Crippen LogP contribution < -0.4 is 4.74 Å². The van der Waals surface area contributed by atoms with Gasteiger partial charge in [0.25, 0.3) is 10.0 Å². The smallest absolute Gasteiger partial charge is 0.268 e. The maximum absolute atomic E-state index is 12.9. The Bertz CT molecular complexity index is 1130. The lowest BCUT2D eigenvalue weighted by Gasteiger charge is -2.10. The van der Waals surface area contributed by atoms with Crippen molar-refractivity contribution in [2.24, 2.45) is 0 Å². The second kappa shape index (κ2) is 6.69. The van der Waals surface area contributed by atoms with Crippen LogP contribution in [0.1, 0.15) is 5.56 Å². The molecule has 5 heteroatoms. The van der Waals surface area contributed by atoms with Gasteiger partial charge in [-0.2, -0.15) is 0 Å². The summed E-state index contributed by atoms with van der Waals surface area (Å²) in [6.45, 7) is 0.429. The van der Waals surface area contributed by atoms with Gasteiger partial charge in [0.2, 0.25) is 0 Å². The Labute approximate surface area is 152 Å². The molecule has 4 nitrogen and oxygen atoms in total. The maximum Gasteiger partial charge on any atom is 0.268 e. The van der Waals surface area contributed by atoms with Crippen molar-refractivity contribution >= 4 is 20.9 Å². The van der Waals surface area contributed by atoms with Gasteiger partial charge in [-0.25, -0.2) is 12.4 Å². The quantitative estimate of drug-likeness (QED) is 0.526. The molecule has 26 heavy (non-hydrogen) atoms. The minimum Gasteiger partial charge on any atom is -0.489 e. The molecule has 0 fully saturated rings. The predicted octanol–water partition coefficient (Wildman–Crippen LogP) is 4.46. The van der Waals surface area contributed by atoms with Gasteiger partial charge >= 0.3 is 0 Å². The van der Waals surface area contributed by atoms with Crippen molar-refractivity contribution < 1.29 is 13.2 Å². The number of fused-ring (bicyclic) bond motifs is 1. The Morgan fingerprint density at radius 3 is 2.23 bits per heavy atom. The van der Waals surface area contributed by atoms with Crippen LogP contribution in [0, 0.1) is 0 Å². The Morgan fingerprint density at radius 1 is 0.808 bits per heavy atom. The van der Waals surface area contributed by atoms with Crippen LogP contribution >= 0.6 is 0 Å². The van der Waals surface area contributed by atoms with E-state index in [4.69, 9.17) is 4.74 Å². The summed E-state index contributed by atoms with van der Waals surface area (Å²) < 4.78 is 33.0. The molecular formula is C21H17NO3S. The van der Waals surface area contributed by atoms with Gasteiger partial charge in [-0.05, 0) is 35.9 Å². The first kappa shape index (κ1) is 16.4. The zero-order chi connectivity index (χ0) is 18.0. The normalized spacial score (nSPS) is 11.5. The van der Waals surface area contributed by atoms with Crippen LogP contribution in [-0.4, -0.2) is 12.4 Å². The van der Waals surface area contributed by atoms with Crippen molar-refractivity contribution in [3.63, 3.8) is 0 Å². The van der Waals surface area contributed by atoms with Crippen molar-refractivity contribution in [3.8, 4) is 5.75 Å². The van der Waals surface area contributed by atoms with Gasteiger partial charge in [0.15, 0.2) is 0 Å². The van der Waals surface area contributed by atoms with Crippen LogP contribution in [0.25, 0.3) is 10.9 Å². The third-order valence-electron chi connectivity index (χ3n) is 4.18. The first-order chi connectivity index (χ1) is 12.6. The number of aromatic nitrogens is 1. The summed E-state index contributed by atoms with van der Waals surface area (Å²) in [6.07, 6.45) is 1.58. The van der Waals surface area contributed by atoms with Crippen molar-refractivity contribution in [2.45, 2.75) is 11.5 Å². The van der Waals surface area contributed by atoms with Crippen molar-refractivity contribution in [1.82, 2.24) is 3.97 Å². The van der Waals surface area contributed by atoms with Crippen LogP contribution in [0.2, 0.25) is 0 Å². The number of nitrogens with zero attached hydrogens (tertiary/aromatic N) is 1. The molecule has 0 N–H and O–H groups in total. The van der Waals surface area contributed by atoms with E-state index in [-0.39, 0.29) is 4.90 Å². The van der Waals surface area contributed by atoms with Crippen LogP contribution in [0.5, 0.6) is 5.75 Å². The number of hydrogen-bond donors (Lipinski definition) is 0. The highest BCUT2D eigenvalue weighted by Gasteiger charge is 2.18. The molecule has 4 rings (SSSR count). The third kappa shape index (κ3) is 3.09. The average Bonchev–Trinajstić information content (AvgIpc) is 3.12. The summed E-state index contributed by atoms with van der Waals surface area (Å²) in [6, 6.07) is 25.5. The van der Waals surface area contributed by atoms with Gasteiger partial charge in [0.05, 0.1) is 10.4 Å². The fraction of sp³-hybridized carbons (Fsp3) is 0.0476. The minimum absolute atomic E-state index is 0.258. The van der Waals surface area contributed by atoms with Gasteiger partial charge < -0.3 is 4.74 Å². The molecule has 0 unspecified atom stereocenters. The van der Waals surface area contributed by atoms with E-state index in [0.29, 0.717) is 17.9 Å². The van der Waals surface area contributed by atoms with Gasteiger partial charge in [0, 0.05) is 17.6 Å². The van der Waals surface area contributed by atoms with Gasteiger partial charge in [-0.1, -0.05) is 48.5 Å². The van der Waals surface area contributed by atoms with E-state index >= 15 is 0 Å². The molecule has 4 aromatic rings. The molecule has 1 heterocycles. The maximum atomic E-state index is 12.9. The zero-order valence-corrected chi connectivity index (χ0v) is 14.8. The molecule has 130 valence electrons. The molecule has 0 aliphatic heterocycles. The van der Waals surface area contributed by atoms with E-state index in [9.17, 15) is 8.42 Å².